The van der Waals surface area contributed by atoms with Gasteiger partial charge in [0.2, 0.25) is 0 Å². The Bertz CT molecular complexity index is 473. The van der Waals surface area contributed by atoms with Gasteiger partial charge in [0.05, 0.1) is 5.69 Å². The van der Waals surface area contributed by atoms with Crippen LogP contribution in [0.25, 0.3) is 0 Å². The van der Waals surface area contributed by atoms with E-state index >= 15 is 0 Å². The first-order chi connectivity index (χ1) is 10.2. The van der Waals surface area contributed by atoms with E-state index in [1.165, 1.54) is 48.1 Å². The molecule has 21 heavy (non-hydrogen) atoms. The fourth-order valence-electron chi connectivity index (χ4n) is 3.54. The van der Waals surface area contributed by atoms with Crippen LogP contribution < -0.4 is 10.6 Å². The molecule has 4 nitrogen and oxygen atoms in total. The van der Waals surface area contributed by atoms with Crippen LogP contribution in [-0.2, 0) is 6.54 Å². The molecule has 0 aromatic carbocycles. The van der Waals surface area contributed by atoms with Gasteiger partial charge >= 0.3 is 0 Å². The van der Waals surface area contributed by atoms with Gasteiger partial charge in [0.1, 0.15) is 0 Å². The van der Waals surface area contributed by atoms with Crippen molar-refractivity contribution in [3.8, 4) is 0 Å². The average Bonchev–Trinajstić information content (AvgIpc) is 2.98. The number of rotatable bonds is 4. The van der Waals surface area contributed by atoms with Gasteiger partial charge in [-0.05, 0) is 31.7 Å². The molecule has 2 atom stereocenters. The third kappa shape index (κ3) is 3.10. The monoisotopic (exact) mass is 308 g/mol. The Morgan fingerprint density at radius 3 is 2.95 bits per heavy atom. The van der Waals surface area contributed by atoms with Crippen LogP contribution in [-0.4, -0.2) is 42.1 Å². The van der Waals surface area contributed by atoms with Crippen LogP contribution in [0.4, 0.5) is 5.13 Å². The molecular weight excluding hydrogens is 280 g/mol. The molecule has 0 amide bonds. The standard InChI is InChI=1S/C16H28N4S/c1-3-12(2)15-14(10-17)21-16(18-15)20-9-8-19-7-5-4-6-13(19)11-20/h12-13H,3-11,17H2,1-2H3. The molecule has 0 spiro atoms. The zero-order chi connectivity index (χ0) is 14.8. The van der Waals surface area contributed by atoms with E-state index < -0.39 is 0 Å². The summed E-state index contributed by atoms with van der Waals surface area (Å²) in [5, 5.41) is 1.20. The normalized spacial score (nSPS) is 24.9. The summed E-state index contributed by atoms with van der Waals surface area (Å²) < 4.78 is 0. The van der Waals surface area contributed by atoms with Crippen molar-refractivity contribution in [2.75, 3.05) is 31.1 Å². The summed E-state index contributed by atoms with van der Waals surface area (Å²) in [4.78, 5) is 11.4. The van der Waals surface area contributed by atoms with Gasteiger partial charge < -0.3 is 10.6 Å². The molecule has 0 radical (unpaired) electrons. The summed E-state index contributed by atoms with van der Waals surface area (Å²) >= 11 is 1.82. The Morgan fingerprint density at radius 1 is 1.33 bits per heavy atom. The average molecular weight is 308 g/mol. The van der Waals surface area contributed by atoms with Gasteiger partial charge in [0, 0.05) is 37.1 Å². The summed E-state index contributed by atoms with van der Waals surface area (Å²) in [7, 11) is 0. The highest BCUT2D eigenvalue weighted by Crippen LogP contribution is 2.33. The van der Waals surface area contributed by atoms with E-state index in [9.17, 15) is 0 Å². The van der Waals surface area contributed by atoms with E-state index in [-0.39, 0.29) is 0 Å². The molecule has 5 heteroatoms. The second kappa shape index (κ2) is 6.63. The Hall–Kier alpha value is -0.650. The topological polar surface area (TPSA) is 45.4 Å². The summed E-state index contributed by atoms with van der Waals surface area (Å²) in [5.74, 6) is 0.518. The second-order valence-corrected chi connectivity index (χ2v) is 7.51. The van der Waals surface area contributed by atoms with E-state index in [0.29, 0.717) is 12.5 Å². The fourth-order valence-corrected chi connectivity index (χ4v) is 4.63. The molecule has 2 fully saturated rings. The van der Waals surface area contributed by atoms with Crippen molar-refractivity contribution < 1.29 is 0 Å². The fraction of sp³-hybridized carbons (Fsp3) is 0.812. The third-order valence-corrected chi connectivity index (χ3v) is 6.24. The lowest BCUT2D eigenvalue weighted by Gasteiger charge is -2.44. The van der Waals surface area contributed by atoms with Crippen LogP contribution >= 0.6 is 11.3 Å². The largest absolute Gasteiger partial charge is 0.345 e. The molecular formula is C16H28N4S. The van der Waals surface area contributed by atoms with E-state index in [0.717, 1.165) is 25.6 Å². The predicted molar refractivity (Wildman–Crippen MR) is 90.1 cm³/mol. The molecule has 1 aromatic rings. The number of thiazole rings is 1. The van der Waals surface area contributed by atoms with Crippen molar-refractivity contribution in [1.82, 2.24) is 9.88 Å². The van der Waals surface area contributed by atoms with Gasteiger partial charge in [-0.1, -0.05) is 20.3 Å². The number of fused-ring (bicyclic) bond motifs is 1. The number of anilines is 1. The van der Waals surface area contributed by atoms with Crippen LogP contribution in [0.3, 0.4) is 0 Å². The Labute approximate surface area is 132 Å². The van der Waals surface area contributed by atoms with Gasteiger partial charge in [-0.2, -0.15) is 0 Å². The maximum absolute atomic E-state index is 5.94. The highest BCUT2D eigenvalue weighted by atomic mass is 32.1. The van der Waals surface area contributed by atoms with Gasteiger partial charge in [0.15, 0.2) is 5.13 Å². The van der Waals surface area contributed by atoms with Crippen LogP contribution in [0.2, 0.25) is 0 Å². The molecule has 118 valence electrons. The zero-order valence-corrected chi connectivity index (χ0v) is 14.2. The van der Waals surface area contributed by atoms with Crippen molar-refractivity contribution in [3.63, 3.8) is 0 Å². The van der Waals surface area contributed by atoms with Crippen molar-refractivity contribution in [2.24, 2.45) is 5.73 Å². The maximum atomic E-state index is 5.94. The predicted octanol–water partition coefficient (Wildman–Crippen LogP) is 2.79. The van der Waals surface area contributed by atoms with Gasteiger partial charge in [-0.3, -0.25) is 4.90 Å². The van der Waals surface area contributed by atoms with Crippen LogP contribution in [0.15, 0.2) is 0 Å². The number of aromatic nitrogens is 1. The molecule has 2 saturated heterocycles. The molecule has 0 saturated carbocycles. The molecule has 1 aromatic heterocycles. The Balaban J connectivity index is 1.76. The van der Waals surface area contributed by atoms with Crippen LogP contribution in [0.5, 0.6) is 0 Å². The molecule has 2 aliphatic heterocycles. The number of piperazine rings is 1. The molecule has 2 aliphatic rings. The van der Waals surface area contributed by atoms with Crippen LogP contribution in [0.1, 0.15) is 56.0 Å². The molecule has 0 aliphatic carbocycles. The summed E-state index contributed by atoms with van der Waals surface area (Å²) in [6.07, 6.45) is 5.25. The molecule has 2 unspecified atom stereocenters. The van der Waals surface area contributed by atoms with Crippen LogP contribution in [0, 0.1) is 0 Å². The van der Waals surface area contributed by atoms with Gasteiger partial charge in [-0.15, -0.1) is 11.3 Å². The highest BCUT2D eigenvalue weighted by molar-refractivity contribution is 7.15. The zero-order valence-electron chi connectivity index (χ0n) is 13.3. The Kier molecular flexibility index (Phi) is 4.82. The van der Waals surface area contributed by atoms with Gasteiger partial charge in [-0.25, -0.2) is 4.98 Å². The molecule has 3 heterocycles. The molecule has 2 N–H and O–H groups in total. The highest BCUT2D eigenvalue weighted by Gasteiger charge is 2.30. The first-order valence-electron chi connectivity index (χ1n) is 8.41. The quantitative estimate of drug-likeness (QED) is 0.929. The van der Waals surface area contributed by atoms with E-state index in [1.807, 2.05) is 11.3 Å². The Morgan fingerprint density at radius 2 is 2.19 bits per heavy atom. The number of hydrogen-bond donors (Lipinski definition) is 1. The summed E-state index contributed by atoms with van der Waals surface area (Å²) in [6, 6.07) is 0.741. The number of nitrogens with zero attached hydrogens (tertiary/aromatic N) is 3. The molecule has 0 bridgehead atoms. The minimum Gasteiger partial charge on any atom is -0.345 e. The van der Waals surface area contributed by atoms with Crippen molar-refractivity contribution in [2.45, 2.75) is 58.0 Å². The third-order valence-electron chi connectivity index (χ3n) is 5.09. The lowest BCUT2D eigenvalue weighted by Crippen LogP contribution is -2.54. The minimum atomic E-state index is 0.518. The maximum Gasteiger partial charge on any atom is 0.185 e. The number of hydrogen-bond acceptors (Lipinski definition) is 5. The number of piperidine rings is 1. The second-order valence-electron chi connectivity index (χ2n) is 6.45. The van der Waals surface area contributed by atoms with Crippen molar-refractivity contribution >= 4 is 16.5 Å². The SMILES string of the molecule is CCC(C)c1nc(N2CCN3CCCCC3C2)sc1CN. The first kappa shape index (κ1) is 15.3. The summed E-state index contributed by atoms with van der Waals surface area (Å²) in [6.45, 7) is 9.87. The lowest BCUT2D eigenvalue weighted by molar-refractivity contribution is 0.133. The van der Waals surface area contributed by atoms with E-state index in [4.69, 9.17) is 10.7 Å². The smallest absolute Gasteiger partial charge is 0.185 e. The first-order valence-corrected chi connectivity index (χ1v) is 9.23. The number of nitrogens with two attached hydrogens (primary N) is 1. The lowest BCUT2D eigenvalue weighted by atomic mass is 10.00. The molecule has 3 rings (SSSR count). The van der Waals surface area contributed by atoms with Crippen molar-refractivity contribution in [3.05, 3.63) is 10.6 Å². The summed E-state index contributed by atoms with van der Waals surface area (Å²) in [5.41, 5.74) is 7.18. The van der Waals surface area contributed by atoms with Gasteiger partial charge in [0.25, 0.3) is 0 Å². The van der Waals surface area contributed by atoms with E-state index in [2.05, 4.69) is 23.6 Å². The van der Waals surface area contributed by atoms with E-state index in [1.54, 1.807) is 0 Å². The minimum absolute atomic E-state index is 0.518. The van der Waals surface area contributed by atoms with Crippen molar-refractivity contribution in [1.29, 1.82) is 0 Å².